The number of anilines is 1. The summed E-state index contributed by atoms with van der Waals surface area (Å²) in [6, 6.07) is 12.5. The lowest BCUT2D eigenvalue weighted by Gasteiger charge is -2.33. The first kappa shape index (κ1) is 14.1. The van der Waals surface area contributed by atoms with Gasteiger partial charge in [-0.3, -0.25) is 4.31 Å². The van der Waals surface area contributed by atoms with Crippen molar-refractivity contribution < 1.29 is 12.8 Å². The molecule has 3 rings (SSSR count). The Kier molecular flexibility index (Phi) is 3.45. The number of para-hydroxylation sites is 1. The second kappa shape index (κ2) is 5.15. The topological polar surface area (TPSA) is 37.4 Å². The molecule has 0 saturated carbocycles. The van der Waals surface area contributed by atoms with E-state index in [-0.39, 0.29) is 10.8 Å². The van der Waals surface area contributed by atoms with Gasteiger partial charge in [-0.15, -0.1) is 0 Å². The minimum atomic E-state index is -3.66. The zero-order valence-corrected chi connectivity index (χ0v) is 12.5. The number of sulfonamides is 1. The van der Waals surface area contributed by atoms with E-state index in [4.69, 9.17) is 0 Å². The zero-order chi connectivity index (χ0) is 15.0. The molecule has 1 aliphatic heterocycles. The van der Waals surface area contributed by atoms with Gasteiger partial charge in [0.1, 0.15) is 5.82 Å². The highest BCUT2D eigenvalue weighted by molar-refractivity contribution is 7.92. The van der Waals surface area contributed by atoms with E-state index in [0.29, 0.717) is 6.54 Å². The van der Waals surface area contributed by atoms with Crippen LogP contribution in [0.5, 0.6) is 0 Å². The Morgan fingerprint density at radius 1 is 1.10 bits per heavy atom. The summed E-state index contributed by atoms with van der Waals surface area (Å²) >= 11 is 0. The molecule has 110 valence electrons. The first-order chi connectivity index (χ1) is 9.98. The minimum Gasteiger partial charge on any atom is -0.266 e. The summed E-state index contributed by atoms with van der Waals surface area (Å²) in [7, 11) is -3.66. The van der Waals surface area contributed by atoms with Crippen LogP contribution >= 0.6 is 0 Å². The molecular formula is C16H16FNO2S. The standard InChI is InChI=1S/C16H16FNO2S/c1-12-10-13-4-2-3-5-16(13)18(11-12)21(19,20)15-8-6-14(17)7-9-15/h2-9,12H,10-11H2,1H3. The Hall–Kier alpha value is -1.88. The van der Waals surface area contributed by atoms with E-state index in [9.17, 15) is 12.8 Å². The fourth-order valence-electron chi connectivity index (χ4n) is 2.71. The van der Waals surface area contributed by atoms with Crippen LogP contribution in [0.1, 0.15) is 12.5 Å². The van der Waals surface area contributed by atoms with Crippen molar-refractivity contribution in [2.24, 2.45) is 5.92 Å². The van der Waals surface area contributed by atoms with E-state index >= 15 is 0 Å². The van der Waals surface area contributed by atoms with Crippen molar-refractivity contribution in [2.45, 2.75) is 18.2 Å². The Balaban J connectivity index is 2.09. The molecule has 5 heteroatoms. The Morgan fingerprint density at radius 2 is 1.76 bits per heavy atom. The molecule has 0 radical (unpaired) electrons. The van der Waals surface area contributed by atoms with Gasteiger partial charge in [-0.25, -0.2) is 12.8 Å². The van der Waals surface area contributed by atoms with Crippen molar-refractivity contribution in [1.82, 2.24) is 0 Å². The predicted octanol–water partition coefficient (Wildman–Crippen LogP) is 3.21. The lowest BCUT2D eigenvalue weighted by atomic mass is 9.96. The molecule has 0 aromatic heterocycles. The van der Waals surface area contributed by atoms with Crippen LogP contribution in [-0.4, -0.2) is 15.0 Å². The fourth-order valence-corrected chi connectivity index (χ4v) is 4.33. The van der Waals surface area contributed by atoms with Gasteiger partial charge in [0.15, 0.2) is 0 Å². The van der Waals surface area contributed by atoms with Crippen LogP contribution in [0.3, 0.4) is 0 Å². The van der Waals surface area contributed by atoms with E-state index < -0.39 is 15.8 Å². The normalized spacial score (nSPS) is 18.4. The van der Waals surface area contributed by atoms with Gasteiger partial charge in [-0.1, -0.05) is 25.1 Å². The molecule has 2 aromatic carbocycles. The first-order valence-corrected chi connectivity index (χ1v) is 8.29. The number of rotatable bonds is 2. The first-order valence-electron chi connectivity index (χ1n) is 6.84. The lowest BCUT2D eigenvalue weighted by molar-refractivity contribution is 0.544. The highest BCUT2D eigenvalue weighted by Gasteiger charge is 2.31. The van der Waals surface area contributed by atoms with Gasteiger partial charge < -0.3 is 0 Å². The summed E-state index contributed by atoms with van der Waals surface area (Å²) < 4.78 is 40.1. The summed E-state index contributed by atoms with van der Waals surface area (Å²) in [4.78, 5) is 0.118. The molecule has 0 N–H and O–H groups in total. The highest BCUT2D eigenvalue weighted by Crippen LogP contribution is 2.33. The van der Waals surface area contributed by atoms with Crippen LogP contribution in [-0.2, 0) is 16.4 Å². The van der Waals surface area contributed by atoms with Gasteiger partial charge in [0.05, 0.1) is 10.6 Å². The van der Waals surface area contributed by atoms with Crippen molar-refractivity contribution in [3.63, 3.8) is 0 Å². The fraction of sp³-hybridized carbons (Fsp3) is 0.250. The monoisotopic (exact) mass is 305 g/mol. The van der Waals surface area contributed by atoms with Gasteiger partial charge in [0.2, 0.25) is 0 Å². The Labute approximate surface area is 124 Å². The predicted molar refractivity (Wildman–Crippen MR) is 80.2 cm³/mol. The third-order valence-corrected chi connectivity index (χ3v) is 5.50. The Morgan fingerprint density at radius 3 is 2.48 bits per heavy atom. The third-order valence-electron chi connectivity index (χ3n) is 3.71. The van der Waals surface area contributed by atoms with Crippen LogP contribution in [0.2, 0.25) is 0 Å². The number of benzene rings is 2. The number of nitrogens with zero attached hydrogens (tertiary/aromatic N) is 1. The maximum atomic E-state index is 13.0. The Bertz CT molecular complexity index is 756. The van der Waals surface area contributed by atoms with Gasteiger partial charge in [0.25, 0.3) is 10.0 Å². The van der Waals surface area contributed by atoms with Crippen LogP contribution in [0, 0.1) is 11.7 Å². The SMILES string of the molecule is CC1Cc2ccccc2N(S(=O)(=O)c2ccc(F)cc2)C1. The number of fused-ring (bicyclic) bond motifs is 1. The largest absolute Gasteiger partial charge is 0.266 e. The molecule has 2 aromatic rings. The van der Waals surface area contributed by atoms with Crippen LogP contribution in [0.25, 0.3) is 0 Å². The molecular weight excluding hydrogens is 289 g/mol. The van der Waals surface area contributed by atoms with Crippen LogP contribution in [0.4, 0.5) is 10.1 Å². The average molecular weight is 305 g/mol. The van der Waals surface area contributed by atoms with Gasteiger partial charge >= 0.3 is 0 Å². The summed E-state index contributed by atoms with van der Waals surface area (Å²) in [5.41, 5.74) is 1.75. The van der Waals surface area contributed by atoms with Crippen molar-refractivity contribution in [3.05, 3.63) is 59.9 Å². The second-order valence-electron chi connectivity index (χ2n) is 5.43. The lowest BCUT2D eigenvalue weighted by Crippen LogP contribution is -2.39. The average Bonchev–Trinajstić information content (AvgIpc) is 2.46. The number of halogens is 1. The third kappa shape index (κ3) is 2.53. The molecule has 0 spiro atoms. The molecule has 1 heterocycles. The molecule has 0 saturated heterocycles. The van der Waals surface area contributed by atoms with Crippen molar-refractivity contribution >= 4 is 15.7 Å². The van der Waals surface area contributed by atoms with E-state index in [0.717, 1.165) is 17.7 Å². The van der Waals surface area contributed by atoms with Crippen molar-refractivity contribution in [1.29, 1.82) is 0 Å². The number of hydrogen-bond acceptors (Lipinski definition) is 2. The van der Waals surface area contributed by atoms with Gasteiger partial charge in [-0.2, -0.15) is 0 Å². The maximum Gasteiger partial charge on any atom is 0.264 e. The minimum absolute atomic E-state index is 0.118. The molecule has 1 atom stereocenters. The van der Waals surface area contributed by atoms with Crippen LogP contribution < -0.4 is 4.31 Å². The summed E-state index contributed by atoms with van der Waals surface area (Å²) in [6.45, 7) is 2.47. The molecule has 21 heavy (non-hydrogen) atoms. The van der Waals surface area contributed by atoms with Crippen LogP contribution in [0.15, 0.2) is 53.4 Å². The molecule has 3 nitrogen and oxygen atoms in total. The summed E-state index contributed by atoms with van der Waals surface area (Å²) in [5, 5.41) is 0. The van der Waals surface area contributed by atoms with Crippen molar-refractivity contribution in [3.8, 4) is 0 Å². The van der Waals surface area contributed by atoms with Gasteiger partial charge in [0, 0.05) is 6.54 Å². The summed E-state index contributed by atoms with van der Waals surface area (Å²) in [5.74, 6) is -0.198. The second-order valence-corrected chi connectivity index (χ2v) is 7.29. The van der Waals surface area contributed by atoms with E-state index in [1.54, 1.807) is 0 Å². The van der Waals surface area contributed by atoms with E-state index in [2.05, 4.69) is 0 Å². The van der Waals surface area contributed by atoms with E-state index in [1.165, 1.54) is 28.6 Å². The molecule has 0 bridgehead atoms. The molecule has 0 amide bonds. The molecule has 0 aliphatic carbocycles. The highest BCUT2D eigenvalue weighted by atomic mass is 32.2. The molecule has 1 unspecified atom stereocenters. The van der Waals surface area contributed by atoms with E-state index in [1.807, 2.05) is 31.2 Å². The molecule has 1 aliphatic rings. The van der Waals surface area contributed by atoms with Crippen molar-refractivity contribution in [2.75, 3.05) is 10.8 Å². The molecule has 0 fully saturated rings. The quantitative estimate of drug-likeness (QED) is 0.854. The summed E-state index contributed by atoms with van der Waals surface area (Å²) in [6.07, 6.45) is 0.867. The number of hydrogen-bond donors (Lipinski definition) is 0. The maximum absolute atomic E-state index is 13.0. The zero-order valence-electron chi connectivity index (χ0n) is 11.7. The smallest absolute Gasteiger partial charge is 0.264 e. The van der Waals surface area contributed by atoms with Gasteiger partial charge in [-0.05, 0) is 48.2 Å².